The zero-order valence-electron chi connectivity index (χ0n) is 15.9. The SMILES string of the molecule is CCCCCCCCOC(=O)Cc1ccc(O)c(C(C)(C)CC)c1. The minimum atomic E-state index is -0.186. The smallest absolute Gasteiger partial charge is 0.310 e. The number of carbonyl (C=O) groups is 1. The molecule has 0 aromatic heterocycles. The number of benzene rings is 1. The lowest BCUT2D eigenvalue weighted by Crippen LogP contribution is -2.16. The number of carbonyl (C=O) groups excluding carboxylic acids is 1. The number of ether oxygens (including phenoxy) is 1. The van der Waals surface area contributed by atoms with Gasteiger partial charge in [-0.15, -0.1) is 0 Å². The van der Waals surface area contributed by atoms with Gasteiger partial charge in [0.1, 0.15) is 5.75 Å². The fraction of sp³-hybridized carbons (Fsp3) is 0.667. The zero-order valence-corrected chi connectivity index (χ0v) is 15.9. The molecule has 0 aliphatic heterocycles. The van der Waals surface area contributed by atoms with E-state index in [1.807, 2.05) is 6.07 Å². The summed E-state index contributed by atoms with van der Waals surface area (Å²) in [5.41, 5.74) is 1.69. The van der Waals surface area contributed by atoms with Gasteiger partial charge in [0.15, 0.2) is 0 Å². The van der Waals surface area contributed by atoms with Gasteiger partial charge in [0.25, 0.3) is 0 Å². The first-order valence-electron chi connectivity index (χ1n) is 9.38. The average molecular weight is 335 g/mol. The van der Waals surface area contributed by atoms with E-state index in [-0.39, 0.29) is 17.8 Å². The first-order valence-corrected chi connectivity index (χ1v) is 9.38. The highest BCUT2D eigenvalue weighted by molar-refractivity contribution is 5.72. The number of phenolic OH excluding ortho intramolecular Hbond substituents is 1. The summed E-state index contributed by atoms with van der Waals surface area (Å²) in [5.74, 6) is 0.112. The molecule has 0 radical (unpaired) electrons. The molecule has 3 heteroatoms. The quantitative estimate of drug-likeness (QED) is 0.428. The van der Waals surface area contributed by atoms with E-state index in [1.54, 1.807) is 12.1 Å². The standard InChI is InChI=1S/C21H34O3/c1-5-7-8-9-10-11-14-24-20(23)16-17-12-13-19(22)18(15-17)21(3,4)6-2/h12-13,15,22H,5-11,14,16H2,1-4H3. The third-order valence-corrected chi connectivity index (χ3v) is 4.78. The molecule has 0 bridgehead atoms. The lowest BCUT2D eigenvalue weighted by Gasteiger charge is -2.25. The Morgan fingerprint density at radius 2 is 1.75 bits per heavy atom. The monoisotopic (exact) mass is 334 g/mol. The fourth-order valence-corrected chi connectivity index (χ4v) is 2.71. The minimum Gasteiger partial charge on any atom is -0.508 e. The lowest BCUT2D eigenvalue weighted by atomic mass is 9.81. The van der Waals surface area contributed by atoms with Crippen molar-refractivity contribution in [2.75, 3.05) is 6.61 Å². The Morgan fingerprint density at radius 3 is 2.42 bits per heavy atom. The van der Waals surface area contributed by atoms with Crippen LogP contribution in [-0.2, 0) is 21.4 Å². The van der Waals surface area contributed by atoms with E-state index < -0.39 is 0 Å². The average Bonchev–Trinajstić information content (AvgIpc) is 2.55. The summed E-state index contributed by atoms with van der Waals surface area (Å²) in [5, 5.41) is 10.1. The van der Waals surface area contributed by atoms with Crippen LogP contribution in [0.15, 0.2) is 18.2 Å². The highest BCUT2D eigenvalue weighted by atomic mass is 16.5. The Morgan fingerprint density at radius 1 is 1.08 bits per heavy atom. The summed E-state index contributed by atoms with van der Waals surface area (Å²) in [7, 11) is 0. The van der Waals surface area contributed by atoms with Crippen LogP contribution < -0.4 is 0 Å². The summed E-state index contributed by atoms with van der Waals surface area (Å²) in [4.78, 5) is 12.0. The molecule has 0 saturated carbocycles. The summed E-state index contributed by atoms with van der Waals surface area (Å²) in [6.07, 6.45) is 8.29. The Labute approximate surface area is 147 Å². The first kappa shape index (κ1) is 20.5. The Hall–Kier alpha value is -1.51. The molecule has 136 valence electrons. The van der Waals surface area contributed by atoms with Gasteiger partial charge in [-0.05, 0) is 35.4 Å². The second-order valence-corrected chi connectivity index (χ2v) is 7.25. The van der Waals surface area contributed by atoms with Crippen LogP contribution in [0.2, 0.25) is 0 Å². The van der Waals surface area contributed by atoms with Crippen molar-refractivity contribution in [1.82, 2.24) is 0 Å². The van der Waals surface area contributed by atoms with Crippen molar-refractivity contribution >= 4 is 5.97 Å². The van der Waals surface area contributed by atoms with E-state index in [1.165, 1.54) is 25.7 Å². The second kappa shape index (κ2) is 10.4. The van der Waals surface area contributed by atoms with Crippen LogP contribution in [-0.4, -0.2) is 17.7 Å². The highest BCUT2D eigenvalue weighted by Gasteiger charge is 2.22. The van der Waals surface area contributed by atoms with Crippen molar-refractivity contribution in [3.8, 4) is 5.75 Å². The van der Waals surface area contributed by atoms with Gasteiger partial charge < -0.3 is 9.84 Å². The van der Waals surface area contributed by atoms with E-state index in [9.17, 15) is 9.90 Å². The third kappa shape index (κ3) is 6.94. The van der Waals surface area contributed by atoms with E-state index in [4.69, 9.17) is 4.74 Å². The molecule has 0 aliphatic rings. The maximum absolute atomic E-state index is 12.0. The van der Waals surface area contributed by atoms with Crippen LogP contribution in [0.25, 0.3) is 0 Å². The van der Waals surface area contributed by atoms with Gasteiger partial charge in [0, 0.05) is 0 Å². The van der Waals surface area contributed by atoms with Crippen LogP contribution in [0.1, 0.15) is 83.8 Å². The van der Waals surface area contributed by atoms with E-state index in [0.717, 1.165) is 30.4 Å². The molecule has 3 nitrogen and oxygen atoms in total. The van der Waals surface area contributed by atoms with Gasteiger partial charge in [-0.3, -0.25) is 4.79 Å². The van der Waals surface area contributed by atoms with Crippen LogP contribution in [0.3, 0.4) is 0 Å². The number of esters is 1. The molecular weight excluding hydrogens is 300 g/mol. The van der Waals surface area contributed by atoms with Crippen molar-refractivity contribution < 1.29 is 14.6 Å². The van der Waals surface area contributed by atoms with Crippen LogP contribution in [0.4, 0.5) is 0 Å². The zero-order chi connectivity index (χ0) is 18.0. The van der Waals surface area contributed by atoms with Crippen molar-refractivity contribution in [1.29, 1.82) is 0 Å². The number of rotatable bonds is 11. The van der Waals surface area contributed by atoms with Crippen LogP contribution in [0.5, 0.6) is 5.75 Å². The Balaban J connectivity index is 2.43. The first-order chi connectivity index (χ1) is 11.4. The number of unbranched alkanes of at least 4 members (excludes halogenated alkanes) is 5. The number of aromatic hydroxyl groups is 1. The highest BCUT2D eigenvalue weighted by Crippen LogP contribution is 2.34. The molecule has 1 aromatic rings. The summed E-state index contributed by atoms with van der Waals surface area (Å²) < 4.78 is 5.33. The molecule has 0 saturated heterocycles. The predicted molar refractivity (Wildman–Crippen MR) is 99.5 cm³/mol. The lowest BCUT2D eigenvalue weighted by molar-refractivity contribution is -0.142. The molecule has 0 amide bonds. The summed E-state index contributed by atoms with van der Waals surface area (Å²) >= 11 is 0. The van der Waals surface area contributed by atoms with Gasteiger partial charge >= 0.3 is 5.97 Å². The van der Waals surface area contributed by atoms with Crippen molar-refractivity contribution in [3.63, 3.8) is 0 Å². The summed E-state index contributed by atoms with van der Waals surface area (Å²) in [6, 6.07) is 5.42. The largest absolute Gasteiger partial charge is 0.508 e. The molecule has 0 spiro atoms. The topological polar surface area (TPSA) is 46.5 Å². The van der Waals surface area contributed by atoms with Gasteiger partial charge in [-0.2, -0.15) is 0 Å². The van der Waals surface area contributed by atoms with Crippen molar-refractivity contribution in [2.24, 2.45) is 0 Å². The molecule has 0 aliphatic carbocycles. The van der Waals surface area contributed by atoms with E-state index in [0.29, 0.717) is 12.4 Å². The normalized spacial score (nSPS) is 11.5. The Kier molecular flexibility index (Phi) is 8.88. The van der Waals surface area contributed by atoms with Crippen molar-refractivity contribution in [3.05, 3.63) is 29.3 Å². The molecule has 1 rings (SSSR count). The van der Waals surface area contributed by atoms with E-state index in [2.05, 4.69) is 27.7 Å². The summed E-state index contributed by atoms with van der Waals surface area (Å²) in [6.45, 7) is 9.01. The minimum absolute atomic E-state index is 0.109. The number of hydrogen-bond donors (Lipinski definition) is 1. The molecule has 0 heterocycles. The van der Waals surface area contributed by atoms with Gasteiger partial charge in [0.2, 0.25) is 0 Å². The molecule has 24 heavy (non-hydrogen) atoms. The molecule has 1 aromatic carbocycles. The van der Waals surface area contributed by atoms with E-state index >= 15 is 0 Å². The molecule has 1 N–H and O–H groups in total. The van der Waals surface area contributed by atoms with Gasteiger partial charge in [-0.1, -0.05) is 71.9 Å². The fourth-order valence-electron chi connectivity index (χ4n) is 2.71. The molecule has 0 atom stereocenters. The molecule has 0 fully saturated rings. The Bertz CT molecular complexity index is 506. The van der Waals surface area contributed by atoms with Crippen LogP contribution in [0, 0.1) is 0 Å². The molecular formula is C21H34O3. The maximum atomic E-state index is 12.0. The predicted octanol–water partition coefficient (Wildman–Crippen LogP) is 5.53. The van der Waals surface area contributed by atoms with Crippen LogP contribution >= 0.6 is 0 Å². The third-order valence-electron chi connectivity index (χ3n) is 4.78. The number of hydrogen-bond acceptors (Lipinski definition) is 3. The van der Waals surface area contributed by atoms with Gasteiger partial charge in [0.05, 0.1) is 13.0 Å². The molecule has 0 unspecified atom stereocenters. The van der Waals surface area contributed by atoms with Gasteiger partial charge in [-0.25, -0.2) is 0 Å². The maximum Gasteiger partial charge on any atom is 0.310 e. The van der Waals surface area contributed by atoms with Crippen molar-refractivity contribution in [2.45, 2.75) is 84.5 Å². The second-order valence-electron chi connectivity index (χ2n) is 7.25. The number of phenols is 1.